The van der Waals surface area contributed by atoms with Gasteiger partial charge in [-0.05, 0) is 119 Å². The summed E-state index contributed by atoms with van der Waals surface area (Å²) in [5, 5.41) is 12.1. The predicted molar refractivity (Wildman–Crippen MR) is 368 cm³/mol. The molecule has 0 radical (unpaired) electrons. The van der Waals surface area contributed by atoms with Gasteiger partial charge in [0, 0.05) is 143 Å². The first-order chi connectivity index (χ1) is 43.2. The standard InChI is InChI=1S/C68H58N16O4.4ClH/c85-65(73-29-25-49-33-69-37-77-49)45-9-1-41(2-10-45)61-53-17-19-55(81-53)62(42-3-11-46(12-4-42)66(86)74-30-26-50-34-70-38-78-50)57-21-23-59(83-57)64(44-7-15-48(16-8-44)68(88)76-32-28-52-36-72-40-80-52)60-24-22-58(84-60)63(56-20-18-54(61)82-56)43-5-13-47(14-6-43)67(87)75-31-27-51-35-71-39-79-51;;;;/h1-24,33-40,81,84H,25-32H2,(H,69,77)(H,70,78)(H,71,79)(H,72,80)(H,73,85)(H,74,86)(H,75,87)(H,76,88);4*1H. The highest BCUT2D eigenvalue weighted by atomic mass is 35.5. The summed E-state index contributed by atoms with van der Waals surface area (Å²) in [6, 6.07) is 38.0. The Hall–Kier alpha value is -10.6. The largest absolute Gasteiger partial charge is 0.354 e. The summed E-state index contributed by atoms with van der Waals surface area (Å²) in [4.78, 5) is 102. The Morgan fingerprint density at radius 3 is 0.717 bits per heavy atom. The van der Waals surface area contributed by atoms with Gasteiger partial charge in [-0.3, -0.25) is 19.2 Å². The second-order valence-electron chi connectivity index (χ2n) is 21.1. The molecule has 4 aromatic carbocycles. The van der Waals surface area contributed by atoms with E-state index in [0.717, 1.165) is 89.4 Å². The number of nitrogens with one attached hydrogen (secondary N) is 10. The summed E-state index contributed by atoms with van der Waals surface area (Å²) in [6.45, 7) is 1.67. The number of benzene rings is 4. The van der Waals surface area contributed by atoms with Gasteiger partial charge < -0.3 is 51.2 Å². The van der Waals surface area contributed by atoms with E-state index in [2.05, 4.69) is 71.1 Å². The number of hydrogen-bond acceptors (Lipinski definition) is 10. The van der Waals surface area contributed by atoms with Crippen LogP contribution in [0.15, 0.2) is 171 Å². The van der Waals surface area contributed by atoms with Gasteiger partial charge in [0.15, 0.2) is 0 Å². The number of amides is 4. The maximum Gasteiger partial charge on any atom is 0.251 e. The van der Waals surface area contributed by atoms with Crippen LogP contribution in [0.2, 0.25) is 0 Å². The highest BCUT2D eigenvalue weighted by Gasteiger charge is 2.21. The summed E-state index contributed by atoms with van der Waals surface area (Å²) in [6.07, 6.45) is 24.0. The molecule has 0 unspecified atom stereocenters. The number of imidazole rings is 4. The number of carbonyl (C=O) groups is 4. The van der Waals surface area contributed by atoms with Crippen LogP contribution in [-0.4, -0.2) is 110 Å². The van der Waals surface area contributed by atoms with E-state index >= 15 is 0 Å². The molecular weight excluding hydrogens is 1250 g/mol. The van der Waals surface area contributed by atoms with Crippen LogP contribution in [0, 0.1) is 0 Å². The first-order valence-corrected chi connectivity index (χ1v) is 28.9. The maximum absolute atomic E-state index is 13.5. The van der Waals surface area contributed by atoms with E-state index in [-0.39, 0.29) is 73.3 Å². The zero-order chi connectivity index (χ0) is 59.8. The molecule has 0 spiro atoms. The van der Waals surface area contributed by atoms with Crippen molar-refractivity contribution in [2.24, 2.45) is 0 Å². The molecular formula is C68H62Cl4N16O4. The summed E-state index contributed by atoms with van der Waals surface area (Å²) in [7, 11) is 0. The lowest BCUT2D eigenvalue weighted by Gasteiger charge is -2.09. The van der Waals surface area contributed by atoms with Crippen LogP contribution in [0.5, 0.6) is 0 Å². The number of aromatic amines is 6. The van der Waals surface area contributed by atoms with E-state index in [1.165, 1.54) is 0 Å². The number of carbonyl (C=O) groups excluding carboxylic acids is 4. The van der Waals surface area contributed by atoms with E-state index in [1.807, 2.05) is 170 Å². The molecule has 24 heteroatoms. The molecule has 2 aliphatic rings. The number of fused-ring (bicyclic) bond motifs is 8. The van der Waals surface area contributed by atoms with Crippen LogP contribution in [0.1, 0.15) is 87.0 Å². The van der Waals surface area contributed by atoms with Crippen LogP contribution >= 0.6 is 49.6 Å². The molecule has 0 aliphatic carbocycles. The van der Waals surface area contributed by atoms with Crippen molar-refractivity contribution in [3.8, 4) is 44.5 Å². The topological polar surface area (TPSA) is 288 Å². The fraction of sp³-hybridized carbons (Fsp3) is 0.118. The molecule has 11 aromatic rings. The van der Waals surface area contributed by atoms with Crippen LogP contribution in [0.25, 0.3) is 90.9 Å². The lowest BCUT2D eigenvalue weighted by molar-refractivity contribution is 0.0946. The third-order valence-corrected chi connectivity index (χ3v) is 15.4. The Morgan fingerprint density at radius 1 is 0.304 bits per heavy atom. The predicted octanol–water partition coefficient (Wildman–Crippen LogP) is 11.8. The Morgan fingerprint density at radius 2 is 0.522 bits per heavy atom. The van der Waals surface area contributed by atoms with Crippen molar-refractivity contribution in [3.63, 3.8) is 0 Å². The monoisotopic (exact) mass is 1310 g/mol. The average molecular weight is 1310 g/mol. The Bertz CT molecular complexity index is 3990. The van der Waals surface area contributed by atoms with Crippen LogP contribution in [0.4, 0.5) is 0 Å². The van der Waals surface area contributed by atoms with Crippen molar-refractivity contribution < 1.29 is 19.2 Å². The van der Waals surface area contributed by atoms with Crippen molar-refractivity contribution in [2.75, 3.05) is 26.2 Å². The van der Waals surface area contributed by atoms with Crippen molar-refractivity contribution in [2.45, 2.75) is 25.7 Å². The molecule has 13 rings (SSSR count). The van der Waals surface area contributed by atoms with E-state index in [0.29, 0.717) is 96.9 Å². The van der Waals surface area contributed by atoms with Gasteiger partial charge in [0.1, 0.15) is 0 Å². The number of rotatable bonds is 20. The molecule has 0 saturated heterocycles. The fourth-order valence-electron chi connectivity index (χ4n) is 10.9. The Kier molecular flexibility index (Phi) is 21.6. The van der Waals surface area contributed by atoms with Gasteiger partial charge in [0.25, 0.3) is 23.6 Å². The molecule has 0 atom stereocenters. The normalized spacial score (nSPS) is 11.1. The lowest BCUT2D eigenvalue weighted by Crippen LogP contribution is -2.25. The highest BCUT2D eigenvalue weighted by molar-refractivity contribution is 6.03. The minimum Gasteiger partial charge on any atom is -0.354 e. The van der Waals surface area contributed by atoms with Gasteiger partial charge in [-0.2, -0.15) is 0 Å². The fourth-order valence-corrected chi connectivity index (χ4v) is 10.9. The van der Waals surface area contributed by atoms with Crippen molar-refractivity contribution in [3.05, 3.63) is 239 Å². The first kappa shape index (κ1) is 65.8. The van der Waals surface area contributed by atoms with E-state index < -0.39 is 0 Å². The molecule has 4 amide bonds. The van der Waals surface area contributed by atoms with Crippen molar-refractivity contribution >= 4 is 120 Å². The maximum atomic E-state index is 13.5. The van der Waals surface area contributed by atoms with Crippen LogP contribution in [-0.2, 0) is 25.7 Å². The Balaban J connectivity index is 0.00000250. The molecule has 20 nitrogen and oxygen atoms in total. The smallest absolute Gasteiger partial charge is 0.251 e. The molecule has 10 N–H and O–H groups in total. The van der Waals surface area contributed by atoms with Gasteiger partial charge in [0.05, 0.1) is 70.9 Å². The van der Waals surface area contributed by atoms with Crippen molar-refractivity contribution in [1.82, 2.24) is 81.1 Å². The van der Waals surface area contributed by atoms with E-state index in [1.54, 1.807) is 25.3 Å². The number of hydrogen-bond donors (Lipinski definition) is 10. The van der Waals surface area contributed by atoms with E-state index in [4.69, 9.17) is 9.97 Å². The summed E-state index contributed by atoms with van der Waals surface area (Å²) >= 11 is 0. The number of nitrogens with zero attached hydrogens (tertiary/aromatic N) is 6. The van der Waals surface area contributed by atoms with Gasteiger partial charge >= 0.3 is 0 Å². The zero-order valence-corrected chi connectivity index (χ0v) is 52.3. The van der Waals surface area contributed by atoms with Crippen LogP contribution < -0.4 is 21.3 Å². The molecule has 0 fully saturated rings. The highest BCUT2D eigenvalue weighted by Crippen LogP contribution is 2.39. The first-order valence-electron chi connectivity index (χ1n) is 28.9. The van der Waals surface area contributed by atoms with Gasteiger partial charge in [0.2, 0.25) is 0 Å². The third kappa shape index (κ3) is 14.8. The zero-order valence-electron chi connectivity index (χ0n) is 49.1. The van der Waals surface area contributed by atoms with Gasteiger partial charge in [-0.25, -0.2) is 29.9 Å². The summed E-state index contributed by atoms with van der Waals surface area (Å²) < 4.78 is 0. The Labute approximate surface area is 552 Å². The van der Waals surface area contributed by atoms with Gasteiger partial charge in [-0.15, -0.1) is 49.6 Å². The number of halogens is 4. The number of H-pyrrole nitrogens is 6. The molecule has 92 heavy (non-hydrogen) atoms. The molecule has 2 aliphatic heterocycles. The average Bonchev–Trinajstić information content (AvgIpc) is 1.62. The van der Waals surface area contributed by atoms with Gasteiger partial charge in [-0.1, -0.05) is 48.5 Å². The lowest BCUT2D eigenvalue weighted by atomic mass is 10.0. The second-order valence-corrected chi connectivity index (χ2v) is 21.1. The summed E-state index contributed by atoms with van der Waals surface area (Å²) in [5.41, 5.74) is 17.2. The van der Waals surface area contributed by atoms with Crippen molar-refractivity contribution in [1.29, 1.82) is 0 Å². The molecule has 8 bridgehead atoms. The SMILES string of the molecule is Cl.Cl.Cl.Cl.O=C(NCCc1c[nH]cn1)c1ccc(-c2c3nc(c(-c4ccc(C(=O)NCCc5c[nH]cn5)cc4)c4ccc([nH]4)c(-c4ccc(C(=O)NCCc5c[nH]cn5)cc4)c4nc(c(-c5ccc(C(=O)NCCc6c[nH]cn6)cc5)c5ccc2[nH]5)C=C4)C=C3)cc1. The summed E-state index contributed by atoms with van der Waals surface area (Å²) in [5.74, 6) is -0.837. The minimum absolute atomic E-state index is 0. The third-order valence-electron chi connectivity index (χ3n) is 15.4. The molecule has 9 heterocycles. The minimum atomic E-state index is -0.209. The molecule has 7 aromatic heterocycles. The quantitative estimate of drug-likeness (QED) is 0.0344. The van der Waals surface area contributed by atoms with Crippen LogP contribution in [0.3, 0.4) is 0 Å². The second kappa shape index (κ2) is 30.2. The van der Waals surface area contributed by atoms with E-state index in [9.17, 15) is 19.2 Å². The number of aromatic nitrogens is 12. The molecule has 466 valence electrons. The molecule has 0 saturated carbocycles.